The first-order valence-electron chi connectivity index (χ1n) is 5.47. The van der Waals surface area contributed by atoms with Gasteiger partial charge in [0.1, 0.15) is 12.0 Å². The number of hydrogen-bond donors (Lipinski definition) is 2. The van der Waals surface area contributed by atoms with E-state index in [9.17, 15) is 10.1 Å². The van der Waals surface area contributed by atoms with E-state index in [-0.39, 0.29) is 17.8 Å². The van der Waals surface area contributed by atoms with Crippen molar-refractivity contribution < 1.29 is 10.0 Å². The quantitative estimate of drug-likeness (QED) is 0.643. The van der Waals surface area contributed by atoms with Crippen LogP contribution in [0.5, 0.6) is 0 Å². The fourth-order valence-electron chi connectivity index (χ4n) is 1.50. The second-order valence-electron chi connectivity index (χ2n) is 4.67. The molecule has 18 heavy (non-hydrogen) atoms. The fraction of sp³-hybridized carbons (Fsp3) is 0.545. The molecule has 0 spiro atoms. The van der Waals surface area contributed by atoms with Crippen LogP contribution >= 0.6 is 15.9 Å². The van der Waals surface area contributed by atoms with Gasteiger partial charge in [0.05, 0.1) is 9.40 Å². The van der Waals surface area contributed by atoms with Crippen LogP contribution in [-0.4, -0.2) is 27.2 Å². The molecule has 0 aliphatic carbocycles. The van der Waals surface area contributed by atoms with Crippen molar-refractivity contribution >= 4 is 27.4 Å². The Balaban J connectivity index is 3.06. The Morgan fingerprint density at radius 3 is 2.72 bits per heavy atom. The minimum atomic E-state index is -0.463. The van der Waals surface area contributed by atoms with Gasteiger partial charge in [0.25, 0.3) is 5.69 Å². The van der Waals surface area contributed by atoms with E-state index >= 15 is 0 Å². The molecule has 1 heterocycles. The molecule has 7 heteroatoms. The van der Waals surface area contributed by atoms with Crippen LogP contribution in [0.25, 0.3) is 0 Å². The molecule has 0 amide bonds. The number of aliphatic hydroxyl groups is 1. The highest BCUT2D eigenvalue weighted by atomic mass is 79.9. The summed E-state index contributed by atoms with van der Waals surface area (Å²) in [6, 6.07) is 0. The van der Waals surface area contributed by atoms with Crippen molar-refractivity contribution in [1.82, 2.24) is 4.98 Å². The Morgan fingerprint density at radius 2 is 2.22 bits per heavy atom. The molecule has 0 saturated carbocycles. The molecule has 6 nitrogen and oxygen atoms in total. The number of hydrogen-bond acceptors (Lipinski definition) is 5. The van der Waals surface area contributed by atoms with E-state index < -0.39 is 4.92 Å². The van der Waals surface area contributed by atoms with E-state index in [0.29, 0.717) is 22.3 Å². The topological polar surface area (TPSA) is 88.3 Å². The van der Waals surface area contributed by atoms with Crippen molar-refractivity contribution in [3.8, 4) is 0 Å². The minimum absolute atomic E-state index is 0.0209. The zero-order chi connectivity index (χ0) is 13.9. The summed E-state index contributed by atoms with van der Waals surface area (Å²) in [7, 11) is 0. The van der Waals surface area contributed by atoms with E-state index in [1.54, 1.807) is 6.92 Å². The number of nitro groups is 1. The third kappa shape index (κ3) is 3.39. The van der Waals surface area contributed by atoms with Gasteiger partial charge in [-0.25, -0.2) is 4.98 Å². The Kier molecular flexibility index (Phi) is 4.64. The Bertz CT molecular complexity index is 463. The summed E-state index contributed by atoms with van der Waals surface area (Å²) in [5.41, 5.74) is 0.164. The number of rotatable bonds is 5. The molecule has 0 radical (unpaired) electrons. The fourth-order valence-corrected chi connectivity index (χ4v) is 1.91. The smallest absolute Gasteiger partial charge is 0.291 e. The van der Waals surface area contributed by atoms with Crippen LogP contribution in [0.1, 0.15) is 25.8 Å². The third-order valence-electron chi connectivity index (χ3n) is 2.63. The highest BCUT2D eigenvalue weighted by Gasteiger charge is 2.22. The molecule has 0 aromatic carbocycles. The highest BCUT2D eigenvalue weighted by molar-refractivity contribution is 9.10. The zero-order valence-electron chi connectivity index (χ0n) is 10.5. The first-order chi connectivity index (χ1) is 8.28. The van der Waals surface area contributed by atoms with Gasteiger partial charge < -0.3 is 10.4 Å². The molecule has 2 N–H and O–H groups in total. The molecule has 0 bridgehead atoms. The summed E-state index contributed by atoms with van der Waals surface area (Å²) >= 11 is 3.31. The first-order valence-corrected chi connectivity index (χ1v) is 6.26. The SMILES string of the molecule is Cc1c([N+](=O)[O-])cnc(NC(C)(C)CCO)c1Br. The maximum atomic E-state index is 10.8. The average Bonchev–Trinajstić information content (AvgIpc) is 2.24. The lowest BCUT2D eigenvalue weighted by Crippen LogP contribution is -2.32. The summed E-state index contributed by atoms with van der Waals surface area (Å²) in [6.45, 7) is 5.57. The Labute approximate surface area is 114 Å². The normalized spacial score (nSPS) is 11.4. The van der Waals surface area contributed by atoms with Gasteiger partial charge in [0, 0.05) is 17.7 Å². The minimum Gasteiger partial charge on any atom is -0.396 e. The van der Waals surface area contributed by atoms with E-state index in [4.69, 9.17) is 5.11 Å². The van der Waals surface area contributed by atoms with Crippen LogP contribution in [0.3, 0.4) is 0 Å². The molecule has 1 aromatic rings. The van der Waals surface area contributed by atoms with Gasteiger partial charge in [-0.15, -0.1) is 0 Å². The second kappa shape index (κ2) is 5.62. The van der Waals surface area contributed by atoms with Crippen molar-refractivity contribution in [3.63, 3.8) is 0 Å². The predicted octanol–water partition coefficient (Wildman–Crippen LogP) is 2.63. The molecule has 1 aromatic heterocycles. The standard InChI is InChI=1S/C11H16BrN3O3/c1-7-8(15(17)18)6-13-10(9(7)12)14-11(2,3)4-5-16/h6,16H,4-5H2,1-3H3,(H,13,14). The Morgan fingerprint density at radius 1 is 1.61 bits per heavy atom. The summed E-state index contributed by atoms with van der Waals surface area (Å²) in [5.74, 6) is 0.538. The number of pyridine rings is 1. The maximum Gasteiger partial charge on any atom is 0.291 e. The first kappa shape index (κ1) is 14.8. The largest absolute Gasteiger partial charge is 0.396 e. The monoisotopic (exact) mass is 317 g/mol. The molecule has 0 aliphatic heterocycles. The van der Waals surface area contributed by atoms with E-state index in [1.807, 2.05) is 13.8 Å². The van der Waals surface area contributed by atoms with Crippen molar-refractivity contribution in [2.24, 2.45) is 0 Å². The molecule has 0 unspecified atom stereocenters. The van der Waals surface area contributed by atoms with E-state index in [0.717, 1.165) is 0 Å². The highest BCUT2D eigenvalue weighted by Crippen LogP contribution is 2.32. The summed E-state index contributed by atoms with van der Waals surface area (Å²) < 4.78 is 0.572. The van der Waals surface area contributed by atoms with Crippen LogP contribution in [0.15, 0.2) is 10.7 Å². The average molecular weight is 318 g/mol. The van der Waals surface area contributed by atoms with Crippen molar-refractivity contribution in [3.05, 3.63) is 26.3 Å². The Hall–Kier alpha value is -1.21. The van der Waals surface area contributed by atoms with Gasteiger partial charge in [-0.05, 0) is 43.1 Å². The lowest BCUT2D eigenvalue weighted by atomic mass is 10.0. The van der Waals surface area contributed by atoms with Gasteiger partial charge in [-0.2, -0.15) is 0 Å². The van der Waals surface area contributed by atoms with Crippen LogP contribution in [0.4, 0.5) is 11.5 Å². The number of aromatic nitrogens is 1. The molecule has 1 rings (SSSR count). The summed E-state index contributed by atoms with van der Waals surface area (Å²) in [4.78, 5) is 14.3. The molecule has 0 atom stereocenters. The summed E-state index contributed by atoms with van der Waals surface area (Å²) in [6.07, 6.45) is 1.79. The van der Waals surface area contributed by atoms with Gasteiger partial charge in [-0.1, -0.05) is 0 Å². The van der Waals surface area contributed by atoms with Crippen molar-refractivity contribution in [2.75, 3.05) is 11.9 Å². The maximum absolute atomic E-state index is 10.8. The molecule has 0 aliphatic rings. The van der Waals surface area contributed by atoms with E-state index in [1.165, 1.54) is 6.20 Å². The van der Waals surface area contributed by atoms with Gasteiger partial charge in [-0.3, -0.25) is 10.1 Å². The van der Waals surface area contributed by atoms with Gasteiger partial charge in [0.15, 0.2) is 0 Å². The van der Waals surface area contributed by atoms with Crippen LogP contribution in [-0.2, 0) is 0 Å². The van der Waals surface area contributed by atoms with Crippen molar-refractivity contribution in [1.29, 1.82) is 0 Å². The number of halogens is 1. The van der Waals surface area contributed by atoms with E-state index in [2.05, 4.69) is 26.2 Å². The lowest BCUT2D eigenvalue weighted by molar-refractivity contribution is -0.385. The van der Waals surface area contributed by atoms with Crippen LogP contribution in [0.2, 0.25) is 0 Å². The number of nitrogens with zero attached hydrogens (tertiary/aromatic N) is 2. The molecular formula is C11H16BrN3O3. The van der Waals surface area contributed by atoms with Gasteiger partial charge in [0.2, 0.25) is 0 Å². The number of nitrogens with one attached hydrogen (secondary N) is 1. The van der Waals surface area contributed by atoms with Crippen LogP contribution in [0, 0.1) is 17.0 Å². The molecule has 100 valence electrons. The molecule has 0 saturated heterocycles. The second-order valence-corrected chi connectivity index (χ2v) is 5.46. The van der Waals surface area contributed by atoms with Crippen molar-refractivity contribution in [2.45, 2.75) is 32.7 Å². The molecular weight excluding hydrogens is 302 g/mol. The molecule has 0 fully saturated rings. The zero-order valence-corrected chi connectivity index (χ0v) is 12.1. The predicted molar refractivity (Wildman–Crippen MR) is 72.7 cm³/mol. The number of anilines is 1. The van der Waals surface area contributed by atoms with Gasteiger partial charge >= 0.3 is 0 Å². The summed E-state index contributed by atoms with van der Waals surface area (Å²) in [5, 5.41) is 22.9. The van der Waals surface area contributed by atoms with Crippen LogP contribution < -0.4 is 5.32 Å². The lowest BCUT2D eigenvalue weighted by Gasteiger charge is -2.26. The number of aliphatic hydroxyl groups excluding tert-OH is 1. The third-order valence-corrected chi connectivity index (χ3v) is 3.60.